The van der Waals surface area contributed by atoms with Gasteiger partial charge in [-0.2, -0.15) is 0 Å². The molecule has 0 spiro atoms. The summed E-state index contributed by atoms with van der Waals surface area (Å²) >= 11 is 0. The molecule has 0 radical (unpaired) electrons. The van der Waals surface area contributed by atoms with E-state index in [-0.39, 0.29) is 0 Å². The lowest BCUT2D eigenvalue weighted by atomic mass is 9.86. The fraction of sp³-hybridized carbons (Fsp3) is 0.143. The van der Waals surface area contributed by atoms with Crippen molar-refractivity contribution in [3.8, 4) is 22.3 Å². The number of hydrogen-bond donors (Lipinski definition) is 0. The van der Waals surface area contributed by atoms with Gasteiger partial charge in [0.15, 0.2) is 0 Å². The molecule has 0 atom stereocenters. The van der Waals surface area contributed by atoms with Gasteiger partial charge in [0.1, 0.15) is 0 Å². The number of benzene rings is 3. The van der Waals surface area contributed by atoms with E-state index in [4.69, 9.17) is 0 Å². The standard InChI is InChI=1S/C21H18/c1-15-4-2-5-17(12-15)18-6-3-7-19(13-18)21-11-9-16-8-10-20(16)14-21/h2-7,9,11-14H,8,10H2,1H3. The van der Waals surface area contributed by atoms with Crippen molar-refractivity contribution in [2.24, 2.45) is 0 Å². The molecule has 21 heavy (non-hydrogen) atoms. The fourth-order valence-electron chi connectivity index (χ4n) is 3.08. The molecule has 0 saturated carbocycles. The summed E-state index contributed by atoms with van der Waals surface area (Å²) in [5.74, 6) is 0. The summed E-state index contributed by atoms with van der Waals surface area (Å²) in [5.41, 5.74) is 9.58. The van der Waals surface area contributed by atoms with Gasteiger partial charge in [0.2, 0.25) is 0 Å². The largest absolute Gasteiger partial charge is 0.0614 e. The normalized spacial score (nSPS) is 12.6. The molecule has 3 aromatic carbocycles. The average Bonchev–Trinajstić information content (AvgIpc) is 2.49. The zero-order chi connectivity index (χ0) is 14.2. The lowest BCUT2D eigenvalue weighted by Crippen LogP contribution is -2.07. The van der Waals surface area contributed by atoms with E-state index in [9.17, 15) is 0 Å². The smallest absolute Gasteiger partial charge is 0.0178 e. The Balaban J connectivity index is 1.77. The van der Waals surface area contributed by atoms with E-state index >= 15 is 0 Å². The maximum atomic E-state index is 2.36. The summed E-state index contributed by atoms with van der Waals surface area (Å²) in [6, 6.07) is 24.5. The van der Waals surface area contributed by atoms with Crippen LogP contribution in [0.4, 0.5) is 0 Å². The molecule has 3 aromatic rings. The van der Waals surface area contributed by atoms with Crippen LogP contribution in [0.25, 0.3) is 22.3 Å². The van der Waals surface area contributed by atoms with Crippen LogP contribution in [0.2, 0.25) is 0 Å². The first-order chi connectivity index (χ1) is 10.3. The average molecular weight is 270 g/mol. The van der Waals surface area contributed by atoms with E-state index in [2.05, 4.69) is 73.7 Å². The van der Waals surface area contributed by atoms with Crippen LogP contribution in [-0.2, 0) is 12.8 Å². The Hall–Kier alpha value is -2.34. The van der Waals surface area contributed by atoms with Crippen molar-refractivity contribution in [1.29, 1.82) is 0 Å². The molecule has 0 aromatic heterocycles. The van der Waals surface area contributed by atoms with E-state index in [1.165, 1.54) is 51.8 Å². The highest BCUT2D eigenvalue weighted by molar-refractivity contribution is 5.74. The Morgan fingerprint density at radius 3 is 1.81 bits per heavy atom. The Labute approximate surface area is 126 Å². The van der Waals surface area contributed by atoms with Gasteiger partial charge in [-0.1, -0.05) is 66.2 Å². The SMILES string of the molecule is Cc1cccc(-c2cccc(-c3ccc4c(c3)CC4)c2)c1. The van der Waals surface area contributed by atoms with Crippen molar-refractivity contribution in [3.63, 3.8) is 0 Å². The third kappa shape index (κ3) is 2.27. The minimum Gasteiger partial charge on any atom is -0.0614 e. The van der Waals surface area contributed by atoms with Gasteiger partial charge >= 0.3 is 0 Å². The molecular formula is C21H18. The van der Waals surface area contributed by atoms with Gasteiger partial charge in [0.25, 0.3) is 0 Å². The van der Waals surface area contributed by atoms with Crippen molar-refractivity contribution >= 4 is 0 Å². The van der Waals surface area contributed by atoms with Gasteiger partial charge in [-0.25, -0.2) is 0 Å². The van der Waals surface area contributed by atoms with Crippen LogP contribution in [0, 0.1) is 6.92 Å². The number of rotatable bonds is 2. The Morgan fingerprint density at radius 1 is 0.571 bits per heavy atom. The van der Waals surface area contributed by atoms with Gasteiger partial charge in [0, 0.05) is 0 Å². The van der Waals surface area contributed by atoms with Gasteiger partial charge in [-0.3, -0.25) is 0 Å². The summed E-state index contributed by atoms with van der Waals surface area (Å²) in [6.45, 7) is 2.14. The molecule has 0 N–H and O–H groups in total. The fourth-order valence-corrected chi connectivity index (χ4v) is 3.08. The van der Waals surface area contributed by atoms with Crippen LogP contribution in [0.1, 0.15) is 16.7 Å². The van der Waals surface area contributed by atoms with Crippen molar-refractivity contribution in [2.45, 2.75) is 19.8 Å². The van der Waals surface area contributed by atoms with E-state index in [0.717, 1.165) is 0 Å². The number of hydrogen-bond acceptors (Lipinski definition) is 0. The minimum atomic E-state index is 1.24. The Morgan fingerprint density at radius 2 is 1.19 bits per heavy atom. The molecule has 0 nitrogen and oxygen atoms in total. The third-order valence-corrected chi connectivity index (χ3v) is 4.42. The molecular weight excluding hydrogens is 252 g/mol. The molecule has 102 valence electrons. The second kappa shape index (κ2) is 4.89. The van der Waals surface area contributed by atoms with Gasteiger partial charge in [-0.05, 0) is 59.2 Å². The van der Waals surface area contributed by atoms with Crippen molar-refractivity contribution < 1.29 is 0 Å². The van der Waals surface area contributed by atoms with Crippen LogP contribution in [0.5, 0.6) is 0 Å². The Bertz CT molecular complexity index is 812. The Kier molecular flexibility index (Phi) is 2.89. The maximum absolute atomic E-state index is 2.36. The molecule has 0 amide bonds. The molecule has 0 heterocycles. The highest BCUT2D eigenvalue weighted by atomic mass is 14.2. The summed E-state index contributed by atoms with van der Waals surface area (Å²) in [7, 11) is 0. The predicted molar refractivity (Wildman–Crippen MR) is 89.5 cm³/mol. The number of fused-ring (bicyclic) bond motifs is 1. The molecule has 1 aliphatic rings. The second-order valence-corrected chi connectivity index (χ2v) is 5.93. The van der Waals surface area contributed by atoms with Crippen LogP contribution in [0.3, 0.4) is 0 Å². The molecule has 0 bridgehead atoms. The highest BCUT2D eigenvalue weighted by Crippen LogP contribution is 2.31. The van der Waals surface area contributed by atoms with Crippen LogP contribution < -0.4 is 0 Å². The van der Waals surface area contributed by atoms with E-state index < -0.39 is 0 Å². The van der Waals surface area contributed by atoms with E-state index in [1.54, 1.807) is 0 Å². The zero-order valence-electron chi connectivity index (χ0n) is 12.3. The lowest BCUT2D eigenvalue weighted by Gasteiger charge is -2.19. The molecule has 0 aliphatic heterocycles. The third-order valence-electron chi connectivity index (χ3n) is 4.42. The summed E-state index contributed by atoms with van der Waals surface area (Å²) < 4.78 is 0. The van der Waals surface area contributed by atoms with Crippen molar-refractivity contribution in [3.05, 3.63) is 83.4 Å². The highest BCUT2D eigenvalue weighted by Gasteiger charge is 2.13. The van der Waals surface area contributed by atoms with Crippen LogP contribution in [-0.4, -0.2) is 0 Å². The predicted octanol–water partition coefficient (Wildman–Crippen LogP) is 5.43. The summed E-state index contributed by atoms with van der Waals surface area (Å²) in [4.78, 5) is 0. The topological polar surface area (TPSA) is 0 Å². The van der Waals surface area contributed by atoms with E-state index in [1.807, 2.05) is 0 Å². The van der Waals surface area contributed by atoms with E-state index in [0.29, 0.717) is 0 Å². The minimum absolute atomic E-state index is 1.24. The zero-order valence-corrected chi connectivity index (χ0v) is 12.3. The van der Waals surface area contributed by atoms with Crippen LogP contribution >= 0.6 is 0 Å². The molecule has 1 aliphatic carbocycles. The first-order valence-electron chi connectivity index (χ1n) is 7.59. The van der Waals surface area contributed by atoms with Gasteiger partial charge < -0.3 is 0 Å². The summed E-state index contributed by atoms with van der Waals surface area (Å²) in [6.07, 6.45) is 2.49. The second-order valence-electron chi connectivity index (χ2n) is 5.93. The van der Waals surface area contributed by atoms with Crippen molar-refractivity contribution in [2.75, 3.05) is 0 Å². The lowest BCUT2D eigenvalue weighted by molar-refractivity contribution is 0.840. The first-order valence-corrected chi connectivity index (χ1v) is 7.59. The number of aryl methyl sites for hydroxylation is 3. The quantitative estimate of drug-likeness (QED) is 0.582. The molecule has 0 saturated heterocycles. The maximum Gasteiger partial charge on any atom is -0.0178 e. The molecule has 0 heteroatoms. The van der Waals surface area contributed by atoms with Crippen LogP contribution in [0.15, 0.2) is 66.7 Å². The molecule has 0 unspecified atom stereocenters. The summed E-state index contributed by atoms with van der Waals surface area (Å²) in [5, 5.41) is 0. The monoisotopic (exact) mass is 270 g/mol. The van der Waals surface area contributed by atoms with Gasteiger partial charge in [-0.15, -0.1) is 0 Å². The molecule has 0 fully saturated rings. The molecule has 4 rings (SSSR count). The van der Waals surface area contributed by atoms with Crippen molar-refractivity contribution in [1.82, 2.24) is 0 Å². The van der Waals surface area contributed by atoms with Gasteiger partial charge in [0.05, 0.1) is 0 Å². The first kappa shape index (κ1) is 12.4.